The van der Waals surface area contributed by atoms with Crippen LogP contribution in [0.2, 0.25) is 0 Å². The van der Waals surface area contributed by atoms with Gasteiger partial charge in [0.25, 0.3) is 0 Å². The molecule has 0 bridgehead atoms. The second-order valence-electron chi connectivity index (χ2n) is 1.89. The Bertz CT molecular complexity index is 138. The van der Waals surface area contributed by atoms with E-state index in [1.165, 1.54) is 0 Å². The topological polar surface area (TPSA) is 17.1 Å². The maximum absolute atomic E-state index is 10.6. The molecule has 0 heterocycles. The fourth-order valence-electron chi connectivity index (χ4n) is 0.364. The Kier molecular flexibility index (Phi) is 7.01. The lowest BCUT2D eigenvalue weighted by Gasteiger charge is -1.92. The summed E-state index contributed by atoms with van der Waals surface area (Å²) in [5, 5.41) is 0. The molecule has 0 saturated carbocycles. The van der Waals surface area contributed by atoms with Crippen molar-refractivity contribution in [3.05, 3.63) is 37.5 Å². The van der Waals surface area contributed by atoms with Crippen LogP contribution in [-0.2, 0) is 4.79 Å². The molecule has 0 aromatic heterocycles. The molecule has 0 saturated heterocycles. The predicted octanol–water partition coefficient (Wildman–Crippen LogP) is 2.51. The summed E-state index contributed by atoms with van der Waals surface area (Å²) < 4.78 is 0. The first-order valence-electron chi connectivity index (χ1n) is 2.91. The smallest absolute Gasteiger partial charge is 0.183 e. The molecule has 0 rings (SSSR count). The summed E-state index contributed by atoms with van der Waals surface area (Å²) in [5.41, 5.74) is 1.11. The maximum Gasteiger partial charge on any atom is 0.183 e. The summed E-state index contributed by atoms with van der Waals surface area (Å²) >= 11 is 0. The zero-order chi connectivity index (χ0) is 8.73. The van der Waals surface area contributed by atoms with Gasteiger partial charge in [0.05, 0.1) is 0 Å². The van der Waals surface area contributed by atoms with E-state index in [1.807, 2.05) is 0 Å². The van der Waals surface area contributed by atoms with Gasteiger partial charge in [-0.1, -0.05) is 13.2 Å². The molecule has 56 valence electrons. The summed E-state index contributed by atoms with van der Waals surface area (Å²) in [6.07, 6.45) is 0. The van der Waals surface area contributed by atoms with Gasteiger partial charge in [-0.25, -0.2) is 0 Å². The van der Waals surface area contributed by atoms with E-state index < -0.39 is 0 Å². The van der Waals surface area contributed by atoms with Gasteiger partial charge < -0.3 is 0 Å². The van der Waals surface area contributed by atoms with Crippen LogP contribution in [0, 0.1) is 0 Å². The van der Waals surface area contributed by atoms with Gasteiger partial charge in [-0.3, -0.25) is 4.79 Å². The number of allylic oxidation sites excluding steroid dienone is 2. The van der Waals surface area contributed by atoms with E-state index in [1.54, 1.807) is 13.8 Å². The third kappa shape index (κ3) is 5.04. The van der Waals surface area contributed by atoms with Gasteiger partial charge in [0, 0.05) is 0 Å². The van der Waals surface area contributed by atoms with Gasteiger partial charge in [-0.15, -0.1) is 13.2 Å². The highest BCUT2D eigenvalue weighted by molar-refractivity contribution is 6.06. The van der Waals surface area contributed by atoms with Gasteiger partial charge in [0.1, 0.15) is 0 Å². The molecule has 0 aromatic carbocycles. The van der Waals surface area contributed by atoms with Crippen LogP contribution >= 0.6 is 0 Å². The lowest BCUT2D eigenvalue weighted by Crippen LogP contribution is -1.97. The van der Waals surface area contributed by atoms with Crippen molar-refractivity contribution in [1.82, 2.24) is 0 Å². The highest BCUT2D eigenvalue weighted by Gasteiger charge is 1.99. The van der Waals surface area contributed by atoms with Crippen LogP contribution < -0.4 is 0 Å². The van der Waals surface area contributed by atoms with Crippen LogP contribution in [0.1, 0.15) is 13.8 Å². The molecule has 0 spiro atoms. The van der Waals surface area contributed by atoms with Crippen molar-refractivity contribution in [3.8, 4) is 0 Å². The molecule has 0 aliphatic heterocycles. The van der Waals surface area contributed by atoms with Crippen molar-refractivity contribution < 1.29 is 4.79 Å². The third-order valence-corrected chi connectivity index (χ3v) is 0.775. The van der Waals surface area contributed by atoms with Crippen molar-refractivity contribution in [2.24, 2.45) is 0 Å². The van der Waals surface area contributed by atoms with E-state index in [0.29, 0.717) is 11.1 Å². The molecule has 0 N–H and O–H groups in total. The molecule has 0 amide bonds. The molecular formula is C9H14O. The standard InChI is InChI=1S/C7H10O.C2H4/c1-5(2)7(8)6(3)4;1-2/h1,3H2,2,4H3;1-2H2. The highest BCUT2D eigenvalue weighted by Crippen LogP contribution is 1.97. The van der Waals surface area contributed by atoms with E-state index in [4.69, 9.17) is 0 Å². The summed E-state index contributed by atoms with van der Waals surface area (Å²) in [7, 11) is 0. The Hall–Kier alpha value is -1.11. The molecule has 0 radical (unpaired) electrons. The highest BCUT2D eigenvalue weighted by atomic mass is 16.1. The maximum atomic E-state index is 10.6. The SMILES string of the molecule is C=C.C=C(C)C(=O)C(=C)C. The lowest BCUT2D eigenvalue weighted by molar-refractivity contribution is -0.112. The Morgan fingerprint density at radius 1 is 1.00 bits per heavy atom. The molecule has 0 unspecified atom stereocenters. The van der Waals surface area contributed by atoms with Gasteiger partial charge in [0.15, 0.2) is 5.78 Å². The number of carbonyl (C=O) groups is 1. The molecule has 1 heteroatoms. The first-order valence-corrected chi connectivity index (χ1v) is 2.91. The number of hydrogen-bond donors (Lipinski definition) is 0. The van der Waals surface area contributed by atoms with E-state index in [2.05, 4.69) is 26.3 Å². The van der Waals surface area contributed by atoms with Gasteiger partial charge in [-0.05, 0) is 25.0 Å². The van der Waals surface area contributed by atoms with Gasteiger partial charge in [0.2, 0.25) is 0 Å². The number of rotatable bonds is 2. The van der Waals surface area contributed by atoms with Gasteiger partial charge >= 0.3 is 0 Å². The third-order valence-electron chi connectivity index (χ3n) is 0.775. The number of hydrogen-bond acceptors (Lipinski definition) is 1. The van der Waals surface area contributed by atoms with E-state index in [0.717, 1.165) is 0 Å². The normalized spacial score (nSPS) is 7.00. The summed E-state index contributed by atoms with van der Waals surface area (Å²) in [6, 6.07) is 0. The predicted molar refractivity (Wildman–Crippen MR) is 45.9 cm³/mol. The van der Waals surface area contributed by atoms with Crippen LogP contribution in [0.5, 0.6) is 0 Å². The lowest BCUT2D eigenvalue weighted by atomic mass is 10.1. The average Bonchev–Trinajstić information content (AvgIpc) is 1.90. The Labute approximate surface area is 62.8 Å². The summed E-state index contributed by atoms with van der Waals surface area (Å²) in [6.45, 7) is 16.3. The minimum atomic E-state index is -0.0370. The molecule has 1 nitrogen and oxygen atoms in total. The second-order valence-corrected chi connectivity index (χ2v) is 1.89. The molecule has 0 aliphatic carbocycles. The van der Waals surface area contributed by atoms with Crippen LogP contribution in [0.3, 0.4) is 0 Å². The fraction of sp³-hybridized carbons (Fsp3) is 0.222. The van der Waals surface area contributed by atoms with Crippen molar-refractivity contribution >= 4 is 5.78 Å². The molecule has 0 aliphatic rings. The van der Waals surface area contributed by atoms with Gasteiger partial charge in [-0.2, -0.15) is 0 Å². The van der Waals surface area contributed by atoms with Crippen LogP contribution in [0.25, 0.3) is 0 Å². The number of carbonyl (C=O) groups excluding carboxylic acids is 1. The van der Waals surface area contributed by atoms with E-state index >= 15 is 0 Å². The fourth-order valence-corrected chi connectivity index (χ4v) is 0.364. The van der Waals surface area contributed by atoms with Crippen molar-refractivity contribution in [2.75, 3.05) is 0 Å². The first kappa shape index (κ1) is 11.7. The summed E-state index contributed by atoms with van der Waals surface area (Å²) in [4.78, 5) is 10.6. The number of ketones is 1. The van der Waals surface area contributed by atoms with Crippen LogP contribution in [0.4, 0.5) is 0 Å². The zero-order valence-electron chi connectivity index (χ0n) is 6.74. The monoisotopic (exact) mass is 138 g/mol. The van der Waals surface area contributed by atoms with Crippen molar-refractivity contribution in [1.29, 1.82) is 0 Å². The Morgan fingerprint density at radius 2 is 1.20 bits per heavy atom. The zero-order valence-corrected chi connectivity index (χ0v) is 6.74. The van der Waals surface area contributed by atoms with Crippen molar-refractivity contribution in [2.45, 2.75) is 13.8 Å². The molecule has 0 atom stereocenters. The van der Waals surface area contributed by atoms with E-state index in [-0.39, 0.29) is 5.78 Å². The molecular weight excluding hydrogens is 124 g/mol. The van der Waals surface area contributed by atoms with Crippen molar-refractivity contribution in [3.63, 3.8) is 0 Å². The molecule has 10 heavy (non-hydrogen) atoms. The largest absolute Gasteiger partial charge is 0.289 e. The quantitative estimate of drug-likeness (QED) is 0.423. The molecule has 0 fully saturated rings. The Morgan fingerprint density at radius 3 is 1.20 bits per heavy atom. The Balaban J connectivity index is 0. The molecule has 0 aromatic rings. The number of Topliss-reactive ketones (excluding diaryl/α,β-unsaturated/α-hetero) is 1. The first-order chi connectivity index (χ1) is 4.55. The van der Waals surface area contributed by atoms with E-state index in [9.17, 15) is 4.79 Å². The summed E-state index contributed by atoms with van der Waals surface area (Å²) in [5.74, 6) is -0.0370. The average molecular weight is 138 g/mol. The van der Waals surface area contributed by atoms with Crippen LogP contribution in [0.15, 0.2) is 37.5 Å². The van der Waals surface area contributed by atoms with Crippen LogP contribution in [-0.4, -0.2) is 5.78 Å². The second kappa shape index (κ2) is 6.02. The minimum Gasteiger partial charge on any atom is -0.289 e. The minimum absolute atomic E-state index is 0.0370.